The van der Waals surface area contributed by atoms with Gasteiger partial charge in [0.1, 0.15) is 0 Å². The normalized spacial score (nSPS) is 12.6. The molecule has 0 bridgehead atoms. The second-order valence-electron chi connectivity index (χ2n) is 4.16. The highest BCUT2D eigenvalue weighted by Crippen LogP contribution is 2.25. The number of fused-ring (bicyclic) bond motifs is 1. The summed E-state index contributed by atoms with van der Waals surface area (Å²) < 4.78 is 1.95. The molecule has 0 aliphatic heterocycles. The van der Waals surface area contributed by atoms with Gasteiger partial charge >= 0.3 is 0 Å². The van der Waals surface area contributed by atoms with Crippen LogP contribution in [0.25, 0.3) is 10.9 Å². The minimum absolute atomic E-state index is 0.105. The number of rotatable bonds is 3. The van der Waals surface area contributed by atoms with Gasteiger partial charge in [-0.3, -0.25) is 4.68 Å². The van der Waals surface area contributed by atoms with Crippen LogP contribution in [0.5, 0.6) is 0 Å². The van der Waals surface area contributed by atoms with Crippen molar-refractivity contribution in [2.45, 2.75) is 37.6 Å². The molecule has 88 valence electrons. The van der Waals surface area contributed by atoms with Crippen molar-refractivity contribution in [2.24, 2.45) is 0 Å². The Balaban J connectivity index is 2.61. The van der Waals surface area contributed by atoms with Crippen LogP contribution in [0, 0.1) is 11.3 Å². The molecule has 1 aromatic heterocycles. The maximum Gasteiger partial charge on any atom is 0.0701 e. The summed E-state index contributed by atoms with van der Waals surface area (Å²) in [4.78, 5) is 0.944. The quantitative estimate of drug-likeness (QED) is 0.842. The fraction of sp³-hybridized carbons (Fsp3) is 0.385. The van der Waals surface area contributed by atoms with Gasteiger partial charge in [-0.15, -0.1) is 12.6 Å². The van der Waals surface area contributed by atoms with E-state index in [4.69, 9.17) is 5.26 Å². The van der Waals surface area contributed by atoms with Crippen LogP contribution in [0.2, 0.25) is 0 Å². The van der Waals surface area contributed by atoms with E-state index in [1.807, 2.05) is 29.8 Å². The summed E-state index contributed by atoms with van der Waals surface area (Å²) in [5.74, 6) is 0. The highest BCUT2D eigenvalue weighted by molar-refractivity contribution is 7.80. The summed E-state index contributed by atoms with van der Waals surface area (Å²) in [6.45, 7) is 4.11. The van der Waals surface area contributed by atoms with Crippen LogP contribution < -0.4 is 0 Å². The Kier molecular flexibility index (Phi) is 3.39. The first kappa shape index (κ1) is 12.0. The third-order valence-corrected chi connectivity index (χ3v) is 3.18. The summed E-state index contributed by atoms with van der Waals surface area (Å²) in [5.41, 5.74) is 2.16. The minimum atomic E-state index is 0.105. The Bertz CT molecular complexity index is 580. The molecule has 0 aliphatic carbocycles. The molecule has 17 heavy (non-hydrogen) atoms. The first-order chi connectivity index (χ1) is 8.17. The van der Waals surface area contributed by atoms with Gasteiger partial charge in [-0.2, -0.15) is 10.4 Å². The summed E-state index contributed by atoms with van der Waals surface area (Å²) in [5, 5.41) is 14.5. The average Bonchev–Trinajstić information content (AvgIpc) is 2.67. The van der Waals surface area contributed by atoms with Gasteiger partial charge < -0.3 is 0 Å². The number of nitriles is 1. The number of aromatic nitrogens is 2. The Morgan fingerprint density at radius 2 is 2.29 bits per heavy atom. The zero-order chi connectivity index (χ0) is 12.4. The van der Waals surface area contributed by atoms with E-state index < -0.39 is 0 Å². The van der Waals surface area contributed by atoms with Crippen molar-refractivity contribution in [1.29, 1.82) is 5.26 Å². The van der Waals surface area contributed by atoms with Crippen molar-refractivity contribution >= 4 is 23.5 Å². The molecule has 0 fully saturated rings. The number of hydrogen-bond acceptors (Lipinski definition) is 3. The predicted octanol–water partition coefficient (Wildman–Crippen LogP) is 3.36. The third-order valence-electron chi connectivity index (χ3n) is 2.91. The fourth-order valence-electron chi connectivity index (χ4n) is 2.01. The zero-order valence-corrected chi connectivity index (χ0v) is 10.9. The molecule has 1 heterocycles. The van der Waals surface area contributed by atoms with E-state index >= 15 is 0 Å². The lowest BCUT2D eigenvalue weighted by atomic mass is 10.1. The first-order valence-electron chi connectivity index (χ1n) is 5.74. The molecule has 2 rings (SSSR count). The standard InChI is InChI=1S/C13H15N3S/c1-3-12-11-8-10(17)4-5-13(11)16(15-12)9(2)6-7-14/h4-5,8-9,17H,3,6H2,1-2H3/t9-/m0/s1. The molecule has 0 saturated heterocycles. The number of hydrogen-bond donors (Lipinski definition) is 1. The number of aryl methyl sites for hydroxylation is 1. The second kappa shape index (κ2) is 4.80. The summed E-state index contributed by atoms with van der Waals surface area (Å²) in [6, 6.07) is 8.33. The predicted molar refractivity (Wildman–Crippen MR) is 71.3 cm³/mol. The van der Waals surface area contributed by atoms with Gasteiger partial charge in [0.15, 0.2) is 0 Å². The molecule has 4 heteroatoms. The van der Waals surface area contributed by atoms with Crippen molar-refractivity contribution in [3.63, 3.8) is 0 Å². The smallest absolute Gasteiger partial charge is 0.0701 e. The van der Waals surface area contributed by atoms with Crippen LogP contribution in [0.4, 0.5) is 0 Å². The van der Waals surface area contributed by atoms with Crippen molar-refractivity contribution in [3.05, 3.63) is 23.9 Å². The molecule has 0 saturated carbocycles. The molecular formula is C13H15N3S. The first-order valence-corrected chi connectivity index (χ1v) is 6.19. The summed E-state index contributed by atoms with van der Waals surface area (Å²) >= 11 is 4.36. The van der Waals surface area contributed by atoms with E-state index in [1.54, 1.807) is 0 Å². The van der Waals surface area contributed by atoms with E-state index in [9.17, 15) is 0 Å². The number of thiol groups is 1. The topological polar surface area (TPSA) is 41.6 Å². The van der Waals surface area contributed by atoms with Crippen LogP contribution in [-0.2, 0) is 6.42 Å². The van der Waals surface area contributed by atoms with Crippen LogP contribution in [0.1, 0.15) is 32.0 Å². The molecule has 0 radical (unpaired) electrons. The average molecular weight is 245 g/mol. The molecular weight excluding hydrogens is 230 g/mol. The molecule has 0 amide bonds. The van der Waals surface area contributed by atoms with Crippen LogP contribution in [0.15, 0.2) is 23.1 Å². The summed E-state index contributed by atoms with van der Waals surface area (Å²) in [6.07, 6.45) is 1.36. The van der Waals surface area contributed by atoms with Crippen LogP contribution in [0.3, 0.4) is 0 Å². The van der Waals surface area contributed by atoms with Crippen molar-refractivity contribution < 1.29 is 0 Å². The highest BCUT2D eigenvalue weighted by atomic mass is 32.1. The van der Waals surface area contributed by atoms with E-state index in [0.717, 1.165) is 27.9 Å². The van der Waals surface area contributed by atoms with E-state index in [0.29, 0.717) is 6.42 Å². The van der Waals surface area contributed by atoms with E-state index in [2.05, 4.69) is 30.7 Å². The van der Waals surface area contributed by atoms with Gasteiger partial charge in [-0.25, -0.2) is 0 Å². The largest absolute Gasteiger partial charge is 0.261 e. The van der Waals surface area contributed by atoms with Gasteiger partial charge in [0.25, 0.3) is 0 Å². The van der Waals surface area contributed by atoms with Crippen molar-refractivity contribution in [3.8, 4) is 6.07 Å². The second-order valence-corrected chi connectivity index (χ2v) is 4.67. The van der Waals surface area contributed by atoms with Crippen LogP contribution >= 0.6 is 12.6 Å². The molecule has 0 spiro atoms. The lowest BCUT2D eigenvalue weighted by Gasteiger charge is -2.09. The fourth-order valence-corrected chi connectivity index (χ4v) is 2.21. The van der Waals surface area contributed by atoms with Gasteiger partial charge in [0, 0.05) is 10.3 Å². The zero-order valence-electron chi connectivity index (χ0n) is 10.0. The summed E-state index contributed by atoms with van der Waals surface area (Å²) in [7, 11) is 0. The van der Waals surface area contributed by atoms with Gasteiger partial charge in [-0.05, 0) is 31.5 Å². The molecule has 0 unspecified atom stereocenters. The van der Waals surface area contributed by atoms with Crippen LogP contribution in [-0.4, -0.2) is 9.78 Å². The maximum atomic E-state index is 8.77. The molecule has 2 aromatic rings. The van der Waals surface area contributed by atoms with Gasteiger partial charge in [0.2, 0.25) is 0 Å². The maximum absolute atomic E-state index is 8.77. The van der Waals surface area contributed by atoms with E-state index in [-0.39, 0.29) is 6.04 Å². The monoisotopic (exact) mass is 245 g/mol. The molecule has 1 atom stereocenters. The van der Waals surface area contributed by atoms with Gasteiger partial charge in [-0.1, -0.05) is 6.92 Å². The van der Waals surface area contributed by atoms with Gasteiger partial charge in [0.05, 0.1) is 29.7 Å². The Labute approximate surface area is 106 Å². The Morgan fingerprint density at radius 3 is 2.94 bits per heavy atom. The lowest BCUT2D eigenvalue weighted by molar-refractivity contribution is 0.512. The number of nitrogens with zero attached hydrogens (tertiary/aromatic N) is 3. The Morgan fingerprint density at radius 1 is 1.53 bits per heavy atom. The molecule has 3 nitrogen and oxygen atoms in total. The van der Waals surface area contributed by atoms with Crippen molar-refractivity contribution in [1.82, 2.24) is 9.78 Å². The highest BCUT2D eigenvalue weighted by Gasteiger charge is 2.13. The van der Waals surface area contributed by atoms with Crippen molar-refractivity contribution in [2.75, 3.05) is 0 Å². The third kappa shape index (κ3) is 2.16. The Hall–Kier alpha value is -1.47. The lowest BCUT2D eigenvalue weighted by Crippen LogP contribution is -2.06. The number of benzene rings is 1. The SMILES string of the molecule is CCc1nn([C@@H](C)CC#N)c2ccc(S)cc12. The molecule has 0 aliphatic rings. The molecule has 1 aromatic carbocycles. The minimum Gasteiger partial charge on any atom is -0.261 e. The molecule has 0 N–H and O–H groups in total. The van der Waals surface area contributed by atoms with E-state index in [1.165, 1.54) is 0 Å².